The maximum absolute atomic E-state index is 13.4. The molecule has 2 N–H and O–H groups in total. The molecule has 2 amide bonds. The summed E-state index contributed by atoms with van der Waals surface area (Å²) in [6, 6.07) is 16.8. The van der Waals surface area contributed by atoms with Crippen molar-refractivity contribution in [2.75, 3.05) is 18.0 Å². The van der Waals surface area contributed by atoms with E-state index in [4.69, 9.17) is 0 Å². The van der Waals surface area contributed by atoms with Crippen LogP contribution in [0.3, 0.4) is 0 Å². The Morgan fingerprint density at radius 1 is 0.765 bits per heavy atom. The first-order valence-electron chi connectivity index (χ1n) is 13.2. The number of fused-ring (bicyclic) bond motifs is 1. The van der Waals surface area contributed by atoms with Gasteiger partial charge in [0.2, 0.25) is 5.91 Å². The summed E-state index contributed by atoms with van der Waals surface area (Å²) in [5.74, 6) is 0.469. The molecule has 5 heteroatoms. The molecule has 1 aliphatic heterocycles. The summed E-state index contributed by atoms with van der Waals surface area (Å²) in [4.78, 5) is 28.3. The molecule has 1 unspecified atom stereocenters. The van der Waals surface area contributed by atoms with E-state index < -0.39 is 0 Å². The van der Waals surface area contributed by atoms with Crippen molar-refractivity contribution < 1.29 is 9.59 Å². The van der Waals surface area contributed by atoms with Crippen molar-refractivity contribution in [2.45, 2.75) is 76.3 Å². The topological polar surface area (TPSA) is 61.4 Å². The van der Waals surface area contributed by atoms with Crippen LogP contribution in [-0.2, 0) is 11.2 Å². The number of piperidine rings is 1. The molecule has 2 aliphatic carbocycles. The zero-order valence-corrected chi connectivity index (χ0v) is 20.1. The fraction of sp³-hybridized carbons (Fsp3) is 0.517. The van der Waals surface area contributed by atoms with Crippen LogP contribution in [0.25, 0.3) is 0 Å². The third kappa shape index (κ3) is 5.13. The van der Waals surface area contributed by atoms with Crippen LogP contribution >= 0.6 is 0 Å². The lowest BCUT2D eigenvalue weighted by atomic mass is 9.87. The second-order valence-electron chi connectivity index (χ2n) is 10.2. The average molecular weight is 460 g/mol. The number of anilines is 1. The molecule has 1 saturated carbocycles. The Morgan fingerprint density at radius 2 is 1.50 bits per heavy atom. The lowest BCUT2D eigenvalue weighted by molar-refractivity contribution is -0.126. The third-order valence-corrected chi connectivity index (χ3v) is 7.98. The number of para-hydroxylation sites is 1. The van der Waals surface area contributed by atoms with Crippen LogP contribution in [0.4, 0.5) is 5.69 Å². The van der Waals surface area contributed by atoms with Crippen molar-refractivity contribution in [3.63, 3.8) is 0 Å². The molecule has 1 heterocycles. The van der Waals surface area contributed by atoms with Gasteiger partial charge in [-0.05, 0) is 68.2 Å². The van der Waals surface area contributed by atoms with Crippen molar-refractivity contribution >= 4 is 17.5 Å². The van der Waals surface area contributed by atoms with Gasteiger partial charge in [-0.25, -0.2) is 0 Å². The molecule has 1 saturated heterocycles. The maximum atomic E-state index is 13.4. The predicted molar refractivity (Wildman–Crippen MR) is 136 cm³/mol. The summed E-state index contributed by atoms with van der Waals surface area (Å²) >= 11 is 0. The smallest absolute Gasteiger partial charge is 0.253 e. The number of nitrogens with zero attached hydrogens (tertiary/aromatic N) is 1. The summed E-state index contributed by atoms with van der Waals surface area (Å²) in [5.41, 5.74) is 4.36. The van der Waals surface area contributed by atoms with E-state index in [1.807, 2.05) is 18.2 Å². The molecule has 3 aliphatic rings. The molecular formula is C29H37N3O2. The largest absolute Gasteiger partial charge is 0.371 e. The number of nitrogens with one attached hydrogen (secondary N) is 2. The average Bonchev–Trinajstić information content (AvgIpc) is 2.90. The Balaban J connectivity index is 1.21. The summed E-state index contributed by atoms with van der Waals surface area (Å²) in [7, 11) is 0. The molecule has 5 rings (SSSR count). The molecule has 34 heavy (non-hydrogen) atoms. The van der Waals surface area contributed by atoms with Gasteiger partial charge in [-0.1, -0.05) is 55.7 Å². The van der Waals surface area contributed by atoms with Crippen LogP contribution in [0, 0.1) is 5.92 Å². The first-order chi connectivity index (χ1) is 16.7. The summed E-state index contributed by atoms with van der Waals surface area (Å²) in [6.07, 6.45) is 10.7. The first kappa shape index (κ1) is 22.9. The van der Waals surface area contributed by atoms with Crippen molar-refractivity contribution in [1.29, 1.82) is 0 Å². The third-order valence-electron chi connectivity index (χ3n) is 7.98. The minimum absolute atomic E-state index is 0.00466. The van der Waals surface area contributed by atoms with Gasteiger partial charge < -0.3 is 15.5 Å². The summed E-state index contributed by atoms with van der Waals surface area (Å²) in [6.45, 7) is 1.71. The van der Waals surface area contributed by atoms with Crippen LogP contribution in [-0.4, -0.2) is 30.9 Å². The maximum Gasteiger partial charge on any atom is 0.253 e. The minimum atomic E-state index is 0.00466. The standard InChI is InChI=1S/C29H37N3O2/c33-28(22-10-2-1-3-11-22)30-23-17-19-32(20-18-23)27-16-7-6-14-25(27)29(34)31-26-15-8-12-21-9-4-5-13-24(21)26/h4-7,9,13-14,16,22-23,26H,1-3,8,10-12,15,17-20H2,(H,30,33)(H,31,34). The molecule has 2 aromatic rings. The molecule has 5 nitrogen and oxygen atoms in total. The van der Waals surface area contributed by atoms with Gasteiger partial charge in [-0.2, -0.15) is 0 Å². The van der Waals surface area contributed by atoms with Crippen LogP contribution in [0.15, 0.2) is 48.5 Å². The predicted octanol–water partition coefficient (Wildman–Crippen LogP) is 5.16. The van der Waals surface area contributed by atoms with E-state index in [1.165, 1.54) is 30.4 Å². The molecule has 0 radical (unpaired) electrons. The van der Waals surface area contributed by atoms with Gasteiger partial charge in [-0.15, -0.1) is 0 Å². The minimum Gasteiger partial charge on any atom is -0.371 e. The normalized spacial score (nSPS) is 21.5. The molecular weight excluding hydrogens is 422 g/mol. The monoisotopic (exact) mass is 459 g/mol. The molecule has 0 aromatic heterocycles. The van der Waals surface area contributed by atoms with Gasteiger partial charge in [0.1, 0.15) is 0 Å². The Kier molecular flexibility index (Phi) is 7.17. The Morgan fingerprint density at radius 3 is 2.32 bits per heavy atom. The first-order valence-corrected chi connectivity index (χ1v) is 13.2. The highest BCUT2D eigenvalue weighted by molar-refractivity contribution is 6.00. The van der Waals surface area contributed by atoms with E-state index in [9.17, 15) is 9.59 Å². The SMILES string of the molecule is O=C(NC1CCCc2ccccc21)c1ccccc1N1CCC(NC(=O)C2CCCCC2)CC1. The van der Waals surface area contributed by atoms with Crippen molar-refractivity contribution in [3.05, 3.63) is 65.2 Å². The molecule has 2 aromatic carbocycles. The van der Waals surface area contributed by atoms with Crippen LogP contribution in [0.1, 0.15) is 85.3 Å². The molecule has 1 atom stereocenters. The van der Waals surface area contributed by atoms with Crippen molar-refractivity contribution in [2.24, 2.45) is 5.92 Å². The van der Waals surface area contributed by atoms with Gasteiger partial charge in [0.15, 0.2) is 0 Å². The molecule has 2 fully saturated rings. The van der Waals surface area contributed by atoms with Gasteiger partial charge in [0, 0.05) is 30.7 Å². The highest BCUT2D eigenvalue weighted by Crippen LogP contribution is 2.31. The fourth-order valence-corrected chi connectivity index (χ4v) is 6.03. The van der Waals surface area contributed by atoms with Crippen LogP contribution < -0.4 is 15.5 Å². The van der Waals surface area contributed by atoms with Crippen molar-refractivity contribution in [3.8, 4) is 0 Å². The molecule has 180 valence electrons. The number of aryl methyl sites for hydroxylation is 1. The van der Waals surface area contributed by atoms with Gasteiger partial charge >= 0.3 is 0 Å². The number of rotatable bonds is 5. The van der Waals surface area contributed by atoms with Crippen LogP contribution in [0.5, 0.6) is 0 Å². The summed E-state index contributed by atoms with van der Waals surface area (Å²) < 4.78 is 0. The quantitative estimate of drug-likeness (QED) is 0.649. The Bertz CT molecular complexity index is 1010. The van der Waals surface area contributed by atoms with Crippen molar-refractivity contribution in [1.82, 2.24) is 10.6 Å². The van der Waals surface area contributed by atoms with E-state index in [0.29, 0.717) is 0 Å². The Labute approximate surface area is 203 Å². The molecule has 0 spiro atoms. The van der Waals surface area contributed by atoms with Crippen LogP contribution in [0.2, 0.25) is 0 Å². The van der Waals surface area contributed by atoms with E-state index in [0.717, 1.165) is 69.3 Å². The van der Waals surface area contributed by atoms with E-state index in [-0.39, 0.29) is 29.8 Å². The number of carbonyl (C=O) groups excluding carboxylic acids is 2. The van der Waals surface area contributed by atoms with Gasteiger partial charge in [0.25, 0.3) is 5.91 Å². The lowest BCUT2D eigenvalue weighted by Gasteiger charge is -2.36. The van der Waals surface area contributed by atoms with E-state index in [2.05, 4.69) is 45.9 Å². The highest BCUT2D eigenvalue weighted by Gasteiger charge is 2.28. The number of hydrogen-bond acceptors (Lipinski definition) is 3. The fourth-order valence-electron chi connectivity index (χ4n) is 6.03. The van der Waals surface area contributed by atoms with E-state index in [1.54, 1.807) is 0 Å². The Hall–Kier alpha value is -2.82. The van der Waals surface area contributed by atoms with Gasteiger partial charge in [0.05, 0.1) is 11.6 Å². The number of benzene rings is 2. The second-order valence-corrected chi connectivity index (χ2v) is 10.2. The zero-order chi connectivity index (χ0) is 23.3. The number of amides is 2. The lowest BCUT2D eigenvalue weighted by Crippen LogP contribution is -2.47. The van der Waals surface area contributed by atoms with Gasteiger partial charge in [-0.3, -0.25) is 9.59 Å². The number of carbonyl (C=O) groups is 2. The summed E-state index contributed by atoms with van der Waals surface area (Å²) in [5, 5.41) is 6.64. The number of hydrogen-bond donors (Lipinski definition) is 2. The highest BCUT2D eigenvalue weighted by atomic mass is 16.2. The molecule has 0 bridgehead atoms. The second kappa shape index (κ2) is 10.6. The zero-order valence-electron chi connectivity index (χ0n) is 20.1. The van der Waals surface area contributed by atoms with E-state index >= 15 is 0 Å².